The van der Waals surface area contributed by atoms with E-state index in [1.807, 2.05) is 32.3 Å². The minimum Gasteiger partial charge on any atom is -0.380 e. The number of nitrogens with zero attached hydrogens (tertiary/aromatic N) is 5. The first-order chi connectivity index (χ1) is 11.0. The van der Waals surface area contributed by atoms with Crippen LogP contribution < -0.4 is 0 Å². The molecule has 2 aromatic rings. The van der Waals surface area contributed by atoms with Crippen LogP contribution in [0.5, 0.6) is 0 Å². The molecule has 23 heavy (non-hydrogen) atoms. The summed E-state index contributed by atoms with van der Waals surface area (Å²) in [6, 6.07) is 5.83. The SMILES string of the molecule is CO[C@H]1C[C@@H](CN(C)C(=O)c2ccc3nnn(C)c3c2)N(C)C1. The van der Waals surface area contributed by atoms with Crippen LogP contribution in [0.4, 0.5) is 0 Å². The minimum absolute atomic E-state index is 0.0161. The van der Waals surface area contributed by atoms with Crippen molar-refractivity contribution in [2.24, 2.45) is 7.05 Å². The summed E-state index contributed by atoms with van der Waals surface area (Å²) in [7, 11) is 7.50. The molecule has 0 spiro atoms. The van der Waals surface area contributed by atoms with Gasteiger partial charge in [-0.15, -0.1) is 5.10 Å². The molecule has 1 aliphatic rings. The van der Waals surface area contributed by atoms with Crippen molar-refractivity contribution >= 4 is 16.9 Å². The first-order valence-corrected chi connectivity index (χ1v) is 7.77. The Balaban J connectivity index is 1.72. The fourth-order valence-corrected chi connectivity index (χ4v) is 3.20. The molecule has 2 heterocycles. The largest absolute Gasteiger partial charge is 0.380 e. The number of hydrogen-bond donors (Lipinski definition) is 0. The molecule has 1 saturated heterocycles. The number of likely N-dealkylation sites (N-methyl/N-ethyl adjacent to an activating group) is 2. The minimum atomic E-state index is 0.0161. The van der Waals surface area contributed by atoms with Gasteiger partial charge in [-0.3, -0.25) is 9.69 Å². The van der Waals surface area contributed by atoms with Crippen LogP contribution in [0.3, 0.4) is 0 Å². The lowest BCUT2D eigenvalue weighted by Crippen LogP contribution is -2.39. The van der Waals surface area contributed by atoms with E-state index in [0.717, 1.165) is 24.0 Å². The van der Waals surface area contributed by atoms with Crippen LogP contribution in [0.25, 0.3) is 11.0 Å². The van der Waals surface area contributed by atoms with Gasteiger partial charge in [-0.2, -0.15) is 0 Å². The Morgan fingerprint density at radius 3 is 2.91 bits per heavy atom. The maximum atomic E-state index is 12.7. The predicted octanol–water partition coefficient (Wildman–Crippen LogP) is 0.759. The van der Waals surface area contributed by atoms with E-state index in [4.69, 9.17) is 4.74 Å². The molecule has 7 heteroatoms. The number of carbonyl (C=O) groups excluding carboxylic acids is 1. The first-order valence-electron chi connectivity index (χ1n) is 7.77. The molecule has 3 rings (SSSR count). The maximum absolute atomic E-state index is 12.7. The number of amides is 1. The summed E-state index contributed by atoms with van der Waals surface area (Å²) in [6.07, 6.45) is 1.21. The van der Waals surface area contributed by atoms with E-state index in [2.05, 4.69) is 22.3 Å². The summed E-state index contributed by atoms with van der Waals surface area (Å²) in [5, 5.41) is 8.01. The third kappa shape index (κ3) is 3.07. The number of hydrogen-bond acceptors (Lipinski definition) is 5. The van der Waals surface area contributed by atoms with Gasteiger partial charge >= 0.3 is 0 Å². The molecule has 0 unspecified atom stereocenters. The number of rotatable bonds is 4. The highest BCUT2D eigenvalue weighted by Crippen LogP contribution is 2.20. The summed E-state index contributed by atoms with van der Waals surface area (Å²) >= 11 is 0. The lowest BCUT2D eigenvalue weighted by atomic mass is 10.1. The van der Waals surface area contributed by atoms with Crippen molar-refractivity contribution in [1.82, 2.24) is 24.8 Å². The van der Waals surface area contributed by atoms with Crippen LogP contribution in [0.1, 0.15) is 16.8 Å². The highest BCUT2D eigenvalue weighted by molar-refractivity contribution is 5.97. The molecule has 1 aromatic carbocycles. The van der Waals surface area contributed by atoms with Crippen LogP contribution >= 0.6 is 0 Å². The Morgan fingerprint density at radius 1 is 1.43 bits per heavy atom. The lowest BCUT2D eigenvalue weighted by molar-refractivity contribution is 0.0760. The van der Waals surface area contributed by atoms with E-state index in [0.29, 0.717) is 18.2 Å². The molecule has 2 atom stereocenters. The van der Waals surface area contributed by atoms with E-state index in [1.54, 1.807) is 16.7 Å². The monoisotopic (exact) mass is 317 g/mol. The van der Waals surface area contributed by atoms with Crippen LogP contribution in [-0.2, 0) is 11.8 Å². The van der Waals surface area contributed by atoms with E-state index in [1.165, 1.54) is 0 Å². The fraction of sp³-hybridized carbons (Fsp3) is 0.562. The van der Waals surface area contributed by atoms with Gasteiger partial charge in [-0.05, 0) is 31.7 Å². The Hall–Kier alpha value is -1.99. The normalized spacial score (nSPS) is 21.9. The van der Waals surface area contributed by atoms with Crippen LogP contribution in [0.15, 0.2) is 18.2 Å². The van der Waals surface area contributed by atoms with Gasteiger partial charge in [-0.25, -0.2) is 4.68 Å². The average Bonchev–Trinajstić information content (AvgIpc) is 3.09. The van der Waals surface area contributed by atoms with Crippen LogP contribution in [0, 0.1) is 0 Å². The zero-order valence-corrected chi connectivity index (χ0v) is 14.1. The number of carbonyl (C=O) groups is 1. The zero-order valence-electron chi connectivity index (χ0n) is 14.1. The second-order valence-corrected chi connectivity index (χ2v) is 6.29. The van der Waals surface area contributed by atoms with Gasteiger partial charge in [0.05, 0.1) is 11.6 Å². The first kappa shape index (κ1) is 15.9. The number of fused-ring (bicyclic) bond motifs is 1. The Kier molecular flexibility index (Phi) is 4.32. The zero-order chi connectivity index (χ0) is 16.6. The molecular weight excluding hydrogens is 294 g/mol. The second kappa shape index (κ2) is 6.25. The molecule has 1 aromatic heterocycles. The fourth-order valence-electron chi connectivity index (χ4n) is 3.20. The number of benzene rings is 1. The second-order valence-electron chi connectivity index (χ2n) is 6.29. The van der Waals surface area contributed by atoms with Crippen molar-refractivity contribution in [3.63, 3.8) is 0 Å². The van der Waals surface area contributed by atoms with Gasteiger partial charge in [0.2, 0.25) is 0 Å². The third-order valence-electron chi connectivity index (χ3n) is 4.67. The van der Waals surface area contributed by atoms with Crippen molar-refractivity contribution in [1.29, 1.82) is 0 Å². The number of likely N-dealkylation sites (tertiary alicyclic amines) is 1. The van der Waals surface area contributed by atoms with Crippen molar-refractivity contribution in [3.05, 3.63) is 23.8 Å². The lowest BCUT2D eigenvalue weighted by Gasteiger charge is -2.25. The summed E-state index contributed by atoms with van der Waals surface area (Å²) < 4.78 is 7.11. The smallest absolute Gasteiger partial charge is 0.253 e. The highest BCUT2D eigenvalue weighted by Gasteiger charge is 2.31. The third-order valence-corrected chi connectivity index (χ3v) is 4.67. The molecule has 1 amide bonds. The molecule has 0 aliphatic carbocycles. The standard InChI is InChI=1S/C16H23N5O2/c1-19-10-13(23-4)8-12(19)9-20(2)16(22)11-5-6-14-15(7-11)21(3)18-17-14/h5-7,12-13H,8-10H2,1-4H3/t12-,13-/m0/s1. The predicted molar refractivity (Wildman–Crippen MR) is 87.3 cm³/mol. The molecular formula is C16H23N5O2. The molecule has 1 fully saturated rings. The molecule has 0 bridgehead atoms. The van der Waals surface area contributed by atoms with Crippen LogP contribution in [0.2, 0.25) is 0 Å². The Labute approximate surface area is 135 Å². The van der Waals surface area contributed by atoms with E-state index in [-0.39, 0.29) is 12.0 Å². The van der Waals surface area contributed by atoms with Gasteiger partial charge < -0.3 is 9.64 Å². The number of ether oxygens (including phenoxy) is 1. The Morgan fingerprint density at radius 2 is 2.22 bits per heavy atom. The molecule has 7 nitrogen and oxygen atoms in total. The summed E-state index contributed by atoms with van der Waals surface area (Å²) in [6.45, 7) is 1.60. The van der Waals surface area contributed by atoms with Gasteiger partial charge in [-0.1, -0.05) is 5.21 Å². The average molecular weight is 317 g/mol. The molecule has 0 radical (unpaired) electrons. The van der Waals surface area contributed by atoms with E-state index in [9.17, 15) is 4.79 Å². The summed E-state index contributed by atoms with van der Waals surface area (Å²) in [5.74, 6) is 0.0161. The quantitative estimate of drug-likeness (QED) is 0.833. The molecule has 124 valence electrons. The van der Waals surface area contributed by atoms with Crippen molar-refractivity contribution in [3.8, 4) is 0 Å². The highest BCUT2D eigenvalue weighted by atomic mass is 16.5. The van der Waals surface area contributed by atoms with Crippen molar-refractivity contribution < 1.29 is 9.53 Å². The van der Waals surface area contributed by atoms with Gasteiger partial charge in [0.15, 0.2) is 0 Å². The molecule has 0 N–H and O–H groups in total. The van der Waals surface area contributed by atoms with Gasteiger partial charge in [0.1, 0.15) is 5.52 Å². The molecule has 1 aliphatic heterocycles. The number of aromatic nitrogens is 3. The van der Waals surface area contributed by atoms with Crippen molar-refractivity contribution in [2.45, 2.75) is 18.6 Å². The van der Waals surface area contributed by atoms with E-state index >= 15 is 0 Å². The number of aryl methyl sites for hydroxylation is 1. The topological polar surface area (TPSA) is 63.5 Å². The molecule has 0 saturated carbocycles. The van der Waals surface area contributed by atoms with Gasteiger partial charge in [0.25, 0.3) is 5.91 Å². The number of methoxy groups -OCH3 is 1. The Bertz CT molecular complexity index is 714. The van der Waals surface area contributed by atoms with Gasteiger partial charge in [0, 0.05) is 45.9 Å². The van der Waals surface area contributed by atoms with E-state index < -0.39 is 0 Å². The van der Waals surface area contributed by atoms with Crippen LogP contribution in [-0.4, -0.2) is 77.1 Å². The maximum Gasteiger partial charge on any atom is 0.253 e. The van der Waals surface area contributed by atoms with Crippen molar-refractivity contribution in [2.75, 3.05) is 34.3 Å². The summed E-state index contributed by atoms with van der Waals surface area (Å²) in [5.41, 5.74) is 2.32. The summed E-state index contributed by atoms with van der Waals surface area (Å²) in [4.78, 5) is 16.7.